The van der Waals surface area contributed by atoms with E-state index in [1.54, 1.807) is 6.08 Å². The van der Waals surface area contributed by atoms with Crippen LogP contribution < -0.4 is 5.32 Å². The van der Waals surface area contributed by atoms with Gasteiger partial charge in [-0.25, -0.2) is 0 Å². The Morgan fingerprint density at radius 2 is 2.05 bits per heavy atom. The Hall–Kier alpha value is -1.91. The molecule has 4 heteroatoms. The third kappa shape index (κ3) is 4.35. The van der Waals surface area contributed by atoms with Crippen molar-refractivity contribution in [3.05, 3.63) is 64.4 Å². The average Bonchev–Trinajstić information content (AvgIpc) is 2.98. The normalized spacial score (nSPS) is 12.5. The Kier molecular flexibility index (Phi) is 4.89. The van der Waals surface area contributed by atoms with E-state index in [0.717, 1.165) is 10.4 Å². The number of rotatable bonds is 5. The van der Waals surface area contributed by atoms with Crippen molar-refractivity contribution >= 4 is 23.3 Å². The monoisotopic (exact) mass is 273 g/mol. The molecular formula is C15H15NO2S. The minimum atomic E-state index is -0.644. The molecule has 0 aliphatic rings. The Bertz CT molecular complexity index is 535. The van der Waals surface area contributed by atoms with Gasteiger partial charge >= 0.3 is 0 Å². The lowest BCUT2D eigenvalue weighted by atomic mass is 10.2. The molecule has 1 aromatic heterocycles. The van der Waals surface area contributed by atoms with E-state index in [0.29, 0.717) is 0 Å². The van der Waals surface area contributed by atoms with Crippen LogP contribution in [0.4, 0.5) is 0 Å². The SMILES string of the molecule is O=C(/C=C/c1ccccc1)NC[C@H](O)c1cccs1. The maximum absolute atomic E-state index is 11.6. The highest BCUT2D eigenvalue weighted by Gasteiger charge is 2.08. The molecule has 0 unspecified atom stereocenters. The maximum atomic E-state index is 11.6. The summed E-state index contributed by atoms with van der Waals surface area (Å²) in [5, 5.41) is 14.4. The summed E-state index contributed by atoms with van der Waals surface area (Å²) in [6.45, 7) is 0.221. The Balaban J connectivity index is 1.80. The zero-order valence-electron chi connectivity index (χ0n) is 10.3. The third-order valence-corrected chi connectivity index (χ3v) is 3.54. The van der Waals surface area contributed by atoms with E-state index >= 15 is 0 Å². The first-order chi connectivity index (χ1) is 9.25. The molecule has 0 saturated carbocycles. The van der Waals surface area contributed by atoms with Crippen LogP contribution in [0.2, 0.25) is 0 Å². The molecule has 1 amide bonds. The molecule has 19 heavy (non-hydrogen) atoms. The maximum Gasteiger partial charge on any atom is 0.244 e. The predicted octanol–water partition coefficient (Wildman–Crippen LogP) is 2.61. The van der Waals surface area contributed by atoms with E-state index in [2.05, 4.69) is 5.32 Å². The minimum absolute atomic E-state index is 0.209. The molecule has 1 heterocycles. The average molecular weight is 273 g/mol. The molecule has 98 valence electrons. The van der Waals surface area contributed by atoms with Crippen molar-refractivity contribution in [1.29, 1.82) is 0 Å². The fraction of sp³-hybridized carbons (Fsp3) is 0.133. The van der Waals surface area contributed by atoms with Crippen LogP contribution in [0, 0.1) is 0 Å². The molecular weight excluding hydrogens is 258 g/mol. The van der Waals surface area contributed by atoms with Crippen molar-refractivity contribution in [3.63, 3.8) is 0 Å². The largest absolute Gasteiger partial charge is 0.386 e. The van der Waals surface area contributed by atoms with Crippen LogP contribution in [-0.2, 0) is 4.79 Å². The molecule has 0 radical (unpaired) electrons. The van der Waals surface area contributed by atoms with Gasteiger partial charge in [0.2, 0.25) is 5.91 Å². The number of benzene rings is 1. The second kappa shape index (κ2) is 6.87. The van der Waals surface area contributed by atoms with E-state index < -0.39 is 6.10 Å². The van der Waals surface area contributed by atoms with Gasteiger partial charge in [-0.3, -0.25) is 4.79 Å². The number of hydrogen-bond acceptors (Lipinski definition) is 3. The Morgan fingerprint density at radius 3 is 2.74 bits per heavy atom. The van der Waals surface area contributed by atoms with Crippen molar-refractivity contribution in [2.75, 3.05) is 6.54 Å². The summed E-state index contributed by atoms with van der Waals surface area (Å²) in [5.41, 5.74) is 0.969. The van der Waals surface area contributed by atoms with Crippen LogP contribution in [0.3, 0.4) is 0 Å². The first-order valence-electron chi connectivity index (χ1n) is 5.98. The number of aliphatic hydroxyl groups excluding tert-OH is 1. The molecule has 0 aliphatic carbocycles. The van der Waals surface area contributed by atoms with Crippen LogP contribution in [0.1, 0.15) is 16.5 Å². The van der Waals surface area contributed by atoms with Gasteiger partial charge in [-0.15, -0.1) is 11.3 Å². The van der Waals surface area contributed by atoms with Gasteiger partial charge in [-0.1, -0.05) is 36.4 Å². The molecule has 1 aromatic carbocycles. The smallest absolute Gasteiger partial charge is 0.244 e. The predicted molar refractivity (Wildman–Crippen MR) is 77.8 cm³/mol. The second-order valence-electron chi connectivity index (χ2n) is 4.02. The van der Waals surface area contributed by atoms with E-state index in [4.69, 9.17) is 0 Å². The van der Waals surface area contributed by atoms with Crippen molar-refractivity contribution in [1.82, 2.24) is 5.32 Å². The molecule has 2 rings (SSSR count). The topological polar surface area (TPSA) is 49.3 Å². The van der Waals surface area contributed by atoms with E-state index in [-0.39, 0.29) is 12.5 Å². The van der Waals surface area contributed by atoms with E-state index in [1.807, 2.05) is 47.8 Å². The summed E-state index contributed by atoms with van der Waals surface area (Å²) >= 11 is 1.47. The number of aliphatic hydroxyl groups is 1. The van der Waals surface area contributed by atoms with Crippen LogP contribution >= 0.6 is 11.3 Å². The van der Waals surface area contributed by atoms with Gasteiger partial charge in [0.1, 0.15) is 6.10 Å². The van der Waals surface area contributed by atoms with Gasteiger partial charge in [0.05, 0.1) is 0 Å². The zero-order chi connectivity index (χ0) is 13.5. The number of thiophene rings is 1. The highest BCUT2D eigenvalue weighted by Crippen LogP contribution is 2.17. The Labute approximate surface area is 116 Å². The summed E-state index contributed by atoms with van der Waals surface area (Å²) in [6, 6.07) is 13.3. The van der Waals surface area contributed by atoms with Crippen molar-refractivity contribution in [2.45, 2.75) is 6.10 Å². The highest BCUT2D eigenvalue weighted by molar-refractivity contribution is 7.10. The number of nitrogens with one attached hydrogen (secondary N) is 1. The molecule has 0 spiro atoms. The number of amides is 1. The van der Waals surface area contributed by atoms with Crippen LogP contribution in [-0.4, -0.2) is 17.6 Å². The molecule has 0 fully saturated rings. The van der Waals surface area contributed by atoms with Crippen molar-refractivity contribution < 1.29 is 9.90 Å². The van der Waals surface area contributed by atoms with Crippen molar-refractivity contribution in [3.8, 4) is 0 Å². The second-order valence-corrected chi connectivity index (χ2v) is 5.00. The van der Waals surface area contributed by atoms with Gasteiger partial charge in [0.25, 0.3) is 0 Å². The number of hydrogen-bond donors (Lipinski definition) is 2. The first-order valence-corrected chi connectivity index (χ1v) is 6.86. The van der Waals surface area contributed by atoms with E-state index in [1.165, 1.54) is 17.4 Å². The van der Waals surface area contributed by atoms with Crippen LogP contribution in [0.25, 0.3) is 6.08 Å². The van der Waals surface area contributed by atoms with Crippen LogP contribution in [0.15, 0.2) is 53.9 Å². The molecule has 1 atom stereocenters. The lowest BCUT2D eigenvalue weighted by molar-refractivity contribution is -0.116. The summed E-state index contributed by atoms with van der Waals surface area (Å²) < 4.78 is 0. The third-order valence-electron chi connectivity index (χ3n) is 2.57. The Morgan fingerprint density at radius 1 is 1.26 bits per heavy atom. The minimum Gasteiger partial charge on any atom is -0.386 e. The summed E-state index contributed by atoms with van der Waals surface area (Å²) in [7, 11) is 0. The van der Waals surface area contributed by atoms with Gasteiger partial charge in [0.15, 0.2) is 0 Å². The van der Waals surface area contributed by atoms with Crippen molar-refractivity contribution in [2.24, 2.45) is 0 Å². The lowest BCUT2D eigenvalue weighted by Crippen LogP contribution is -2.26. The van der Waals surface area contributed by atoms with Crippen LogP contribution in [0.5, 0.6) is 0 Å². The number of carbonyl (C=O) groups is 1. The summed E-state index contributed by atoms with van der Waals surface area (Å²) in [5.74, 6) is -0.209. The molecule has 2 aromatic rings. The molecule has 0 aliphatic heterocycles. The highest BCUT2D eigenvalue weighted by atomic mass is 32.1. The summed E-state index contributed by atoms with van der Waals surface area (Å²) in [6.07, 6.45) is 2.57. The fourth-order valence-corrected chi connectivity index (χ4v) is 2.29. The first kappa shape index (κ1) is 13.5. The molecule has 3 nitrogen and oxygen atoms in total. The number of carbonyl (C=O) groups excluding carboxylic acids is 1. The van der Waals surface area contributed by atoms with Gasteiger partial charge < -0.3 is 10.4 Å². The van der Waals surface area contributed by atoms with Gasteiger partial charge in [0, 0.05) is 17.5 Å². The fourth-order valence-electron chi connectivity index (χ4n) is 1.57. The van der Waals surface area contributed by atoms with Gasteiger partial charge in [-0.05, 0) is 23.1 Å². The lowest BCUT2D eigenvalue weighted by Gasteiger charge is -2.08. The quantitative estimate of drug-likeness (QED) is 0.823. The molecule has 0 bridgehead atoms. The zero-order valence-corrected chi connectivity index (χ0v) is 11.1. The molecule has 0 saturated heterocycles. The summed E-state index contributed by atoms with van der Waals surface area (Å²) in [4.78, 5) is 12.4. The van der Waals surface area contributed by atoms with Gasteiger partial charge in [-0.2, -0.15) is 0 Å². The van der Waals surface area contributed by atoms with E-state index in [9.17, 15) is 9.90 Å². The molecule has 2 N–H and O–H groups in total. The standard InChI is InChI=1S/C15H15NO2S/c17-13(14-7-4-10-19-14)11-16-15(18)9-8-12-5-2-1-3-6-12/h1-10,13,17H,11H2,(H,16,18)/b9-8+/t13-/m0/s1.